The minimum atomic E-state index is -2.94. The van der Waals surface area contributed by atoms with Crippen LogP contribution in [0.4, 0.5) is 24.5 Å². The van der Waals surface area contributed by atoms with E-state index in [0.717, 1.165) is 11.1 Å². The van der Waals surface area contributed by atoms with Gasteiger partial charge < -0.3 is 15.4 Å². The summed E-state index contributed by atoms with van der Waals surface area (Å²) in [5.74, 6) is -0.300. The van der Waals surface area contributed by atoms with Crippen LogP contribution in [0.2, 0.25) is 0 Å². The fraction of sp³-hybridized carbons (Fsp3) is 0.158. The Kier molecular flexibility index (Phi) is 6.15. The molecule has 3 rings (SSSR count). The molecule has 0 bridgehead atoms. The number of hydrogen-bond acceptors (Lipinski definition) is 3. The molecule has 5 nitrogen and oxygen atoms in total. The minimum absolute atomic E-state index is 0.00300. The molecule has 146 valence electrons. The molecular formula is C19H17F3N4OS. The molecular weight excluding hydrogens is 389 g/mol. The second kappa shape index (κ2) is 8.75. The summed E-state index contributed by atoms with van der Waals surface area (Å²) in [5.41, 5.74) is 2.70. The number of anilines is 2. The maximum absolute atomic E-state index is 13.0. The summed E-state index contributed by atoms with van der Waals surface area (Å²) in [6.07, 6.45) is 3.30. The van der Waals surface area contributed by atoms with Gasteiger partial charge in [0.2, 0.25) is 0 Å². The fourth-order valence-electron chi connectivity index (χ4n) is 2.52. The molecule has 28 heavy (non-hydrogen) atoms. The van der Waals surface area contributed by atoms with Gasteiger partial charge in [0.05, 0.1) is 24.1 Å². The first kappa shape index (κ1) is 19.7. The average Bonchev–Trinajstić information content (AvgIpc) is 3.05. The number of hydrogen-bond donors (Lipinski definition) is 2. The van der Waals surface area contributed by atoms with Crippen molar-refractivity contribution in [2.24, 2.45) is 0 Å². The number of nitrogens with one attached hydrogen (secondary N) is 2. The van der Waals surface area contributed by atoms with Crippen molar-refractivity contribution in [1.82, 2.24) is 9.78 Å². The third-order valence-corrected chi connectivity index (χ3v) is 3.95. The minimum Gasteiger partial charge on any atom is -0.433 e. The van der Waals surface area contributed by atoms with Gasteiger partial charge in [0, 0.05) is 6.20 Å². The monoisotopic (exact) mass is 406 g/mol. The van der Waals surface area contributed by atoms with E-state index in [9.17, 15) is 13.2 Å². The summed E-state index contributed by atoms with van der Waals surface area (Å²) in [4.78, 5) is 0. The third kappa shape index (κ3) is 5.46. The van der Waals surface area contributed by atoms with Gasteiger partial charge in [-0.1, -0.05) is 18.2 Å². The van der Waals surface area contributed by atoms with E-state index >= 15 is 0 Å². The van der Waals surface area contributed by atoms with Crippen molar-refractivity contribution in [3.63, 3.8) is 0 Å². The lowest BCUT2D eigenvalue weighted by Gasteiger charge is -2.14. The quantitative estimate of drug-likeness (QED) is 0.577. The van der Waals surface area contributed by atoms with Crippen LogP contribution in [0.25, 0.3) is 0 Å². The van der Waals surface area contributed by atoms with E-state index in [1.165, 1.54) is 18.2 Å². The van der Waals surface area contributed by atoms with Crippen molar-refractivity contribution in [2.45, 2.75) is 20.1 Å². The van der Waals surface area contributed by atoms with Gasteiger partial charge in [-0.25, -0.2) is 4.39 Å². The number of aryl methyl sites for hydroxylation is 1. The maximum atomic E-state index is 13.0. The number of ether oxygens (including phenoxy) is 1. The SMILES string of the molecule is Cc1ccc(OC(F)F)c(NC(=S)Nc2cnn(Cc3ccc(F)cc3)c2)c1. The number of thiocarbonyl (C=S) groups is 1. The lowest BCUT2D eigenvalue weighted by molar-refractivity contribution is -0.0493. The molecule has 3 aromatic rings. The number of nitrogens with zero attached hydrogens (tertiary/aromatic N) is 2. The average molecular weight is 406 g/mol. The maximum Gasteiger partial charge on any atom is 0.387 e. The molecule has 0 aliphatic heterocycles. The lowest BCUT2D eigenvalue weighted by Crippen LogP contribution is -2.19. The van der Waals surface area contributed by atoms with Crippen molar-refractivity contribution in [2.75, 3.05) is 10.6 Å². The standard InChI is InChI=1S/C19H17F3N4OS/c1-12-2-7-17(27-18(21)22)16(8-12)25-19(28)24-15-9-23-26(11-15)10-13-3-5-14(20)6-4-13/h2-9,11,18H,10H2,1H3,(H2,24,25,28). The molecule has 0 aliphatic rings. The fourth-order valence-corrected chi connectivity index (χ4v) is 2.74. The highest BCUT2D eigenvalue weighted by Crippen LogP contribution is 2.27. The number of alkyl halides is 2. The molecule has 9 heteroatoms. The molecule has 1 heterocycles. The normalized spacial score (nSPS) is 10.8. The summed E-state index contributed by atoms with van der Waals surface area (Å²) in [6, 6.07) is 10.9. The predicted octanol–water partition coefficient (Wildman–Crippen LogP) is 4.79. The van der Waals surface area contributed by atoms with Crippen LogP contribution in [0.5, 0.6) is 5.75 Å². The molecule has 0 saturated heterocycles. The Bertz CT molecular complexity index is 960. The Balaban J connectivity index is 1.63. The summed E-state index contributed by atoms with van der Waals surface area (Å²) >= 11 is 5.24. The van der Waals surface area contributed by atoms with Crippen LogP contribution in [0, 0.1) is 12.7 Å². The van der Waals surface area contributed by atoms with Gasteiger partial charge in [-0.05, 0) is 54.5 Å². The number of rotatable bonds is 6. The third-order valence-electron chi connectivity index (χ3n) is 3.75. The Morgan fingerprint density at radius 1 is 1.18 bits per heavy atom. The first-order valence-corrected chi connectivity index (χ1v) is 8.70. The van der Waals surface area contributed by atoms with Crippen LogP contribution in [-0.4, -0.2) is 21.5 Å². The van der Waals surface area contributed by atoms with Gasteiger partial charge in [0.1, 0.15) is 11.6 Å². The number of aromatic nitrogens is 2. The molecule has 0 unspecified atom stereocenters. The molecule has 0 aliphatic carbocycles. The van der Waals surface area contributed by atoms with E-state index < -0.39 is 6.61 Å². The van der Waals surface area contributed by atoms with Gasteiger partial charge in [-0.15, -0.1) is 0 Å². The molecule has 2 N–H and O–H groups in total. The zero-order valence-corrected chi connectivity index (χ0v) is 15.6. The topological polar surface area (TPSA) is 51.1 Å². The Morgan fingerprint density at radius 2 is 1.93 bits per heavy atom. The molecule has 0 fully saturated rings. The van der Waals surface area contributed by atoms with Gasteiger partial charge in [-0.2, -0.15) is 13.9 Å². The van der Waals surface area contributed by atoms with Crippen molar-refractivity contribution in [3.8, 4) is 5.75 Å². The summed E-state index contributed by atoms with van der Waals surface area (Å²) in [6.45, 7) is -0.644. The molecule has 0 saturated carbocycles. The van der Waals surface area contributed by atoms with Crippen molar-refractivity contribution in [1.29, 1.82) is 0 Å². The van der Waals surface area contributed by atoms with Gasteiger partial charge in [-0.3, -0.25) is 4.68 Å². The zero-order valence-electron chi connectivity index (χ0n) is 14.8. The van der Waals surface area contributed by atoms with E-state index in [0.29, 0.717) is 17.9 Å². The van der Waals surface area contributed by atoms with Crippen LogP contribution in [-0.2, 0) is 6.54 Å². The predicted molar refractivity (Wildman–Crippen MR) is 105 cm³/mol. The second-order valence-corrected chi connectivity index (χ2v) is 6.42. The number of benzene rings is 2. The smallest absolute Gasteiger partial charge is 0.387 e. The van der Waals surface area contributed by atoms with Gasteiger partial charge >= 0.3 is 6.61 Å². The van der Waals surface area contributed by atoms with E-state index in [1.54, 1.807) is 41.3 Å². The highest BCUT2D eigenvalue weighted by atomic mass is 32.1. The van der Waals surface area contributed by atoms with E-state index in [1.807, 2.05) is 6.92 Å². The molecule has 0 radical (unpaired) electrons. The van der Waals surface area contributed by atoms with Gasteiger partial charge in [0.25, 0.3) is 0 Å². The Morgan fingerprint density at radius 3 is 2.64 bits per heavy atom. The van der Waals surface area contributed by atoms with E-state index in [2.05, 4.69) is 20.5 Å². The van der Waals surface area contributed by atoms with Crippen molar-refractivity contribution >= 4 is 28.7 Å². The Hall–Kier alpha value is -3.07. The first-order valence-electron chi connectivity index (χ1n) is 8.29. The van der Waals surface area contributed by atoms with Crippen molar-refractivity contribution < 1.29 is 17.9 Å². The van der Waals surface area contributed by atoms with Crippen LogP contribution >= 0.6 is 12.2 Å². The zero-order chi connectivity index (χ0) is 20.1. The molecule has 0 spiro atoms. The van der Waals surface area contributed by atoms with Crippen LogP contribution in [0.3, 0.4) is 0 Å². The van der Waals surface area contributed by atoms with Gasteiger partial charge in [0.15, 0.2) is 5.11 Å². The van der Waals surface area contributed by atoms with Crippen LogP contribution in [0.15, 0.2) is 54.9 Å². The number of halogens is 3. The lowest BCUT2D eigenvalue weighted by atomic mass is 10.2. The summed E-state index contributed by atoms with van der Waals surface area (Å²) in [7, 11) is 0. The second-order valence-electron chi connectivity index (χ2n) is 6.01. The van der Waals surface area contributed by atoms with E-state index in [4.69, 9.17) is 12.2 Å². The molecule has 0 atom stereocenters. The Labute approximate surface area is 165 Å². The first-order chi connectivity index (χ1) is 13.4. The van der Waals surface area contributed by atoms with Crippen molar-refractivity contribution in [3.05, 3.63) is 71.8 Å². The summed E-state index contributed by atoms with van der Waals surface area (Å²) < 4.78 is 44.3. The van der Waals surface area contributed by atoms with E-state index in [-0.39, 0.29) is 16.7 Å². The summed E-state index contributed by atoms with van der Waals surface area (Å²) in [5, 5.41) is 10.2. The highest BCUT2D eigenvalue weighted by Gasteiger charge is 2.11. The van der Waals surface area contributed by atoms with Crippen LogP contribution in [0.1, 0.15) is 11.1 Å². The molecule has 2 aromatic carbocycles. The molecule has 1 aromatic heterocycles. The highest BCUT2D eigenvalue weighted by molar-refractivity contribution is 7.80. The largest absolute Gasteiger partial charge is 0.433 e. The molecule has 0 amide bonds. The van der Waals surface area contributed by atoms with Crippen LogP contribution < -0.4 is 15.4 Å².